The third-order valence-corrected chi connectivity index (χ3v) is 4.44. The van der Waals surface area contributed by atoms with Gasteiger partial charge in [0.25, 0.3) is 5.91 Å². The molecule has 0 spiro atoms. The number of methoxy groups -OCH3 is 2. The van der Waals surface area contributed by atoms with Gasteiger partial charge in [0.15, 0.2) is 0 Å². The number of H-pyrrole nitrogens is 1. The molecule has 6 heteroatoms. The molecule has 3 rings (SSSR count). The van der Waals surface area contributed by atoms with Gasteiger partial charge in [0.05, 0.1) is 20.4 Å². The molecule has 1 aromatic heterocycles. The fourth-order valence-electron chi connectivity index (χ4n) is 3.01. The maximum atomic E-state index is 12.5. The number of nitrogens with zero attached hydrogens (tertiary/aromatic N) is 1. The molecule has 1 heterocycles. The fraction of sp³-hybridized carbons (Fsp3) is 0.182. The van der Waals surface area contributed by atoms with Crippen LogP contribution < -0.4 is 14.9 Å². The zero-order valence-electron chi connectivity index (χ0n) is 16.4. The minimum atomic E-state index is -0.305. The minimum Gasteiger partial charge on any atom is -0.496 e. The van der Waals surface area contributed by atoms with Crippen LogP contribution in [0.25, 0.3) is 11.3 Å². The van der Waals surface area contributed by atoms with Gasteiger partial charge in [-0.05, 0) is 66.9 Å². The maximum absolute atomic E-state index is 12.5. The van der Waals surface area contributed by atoms with Crippen LogP contribution in [0.15, 0.2) is 53.6 Å². The Kier molecular flexibility index (Phi) is 5.79. The highest BCUT2D eigenvalue weighted by atomic mass is 16.5. The summed E-state index contributed by atoms with van der Waals surface area (Å²) in [6, 6.07) is 15.3. The van der Waals surface area contributed by atoms with Gasteiger partial charge in [-0.15, -0.1) is 0 Å². The van der Waals surface area contributed by atoms with E-state index in [4.69, 9.17) is 9.47 Å². The molecular weight excluding hydrogens is 354 g/mol. The standard InChI is InChI=1S/C22H23N3O3/c1-14-11-16(9-10-19(14)27-3)13-23-25-22(26)21-15(2)12-18(24-21)17-7-5-6-8-20(17)28-4/h5-13,24H,1-4H3,(H,25,26)/b23-13+. The molecule has 3 aromatic rings. The average Bonchev–Trinajstić information content (AvgIpc) is 3.09. The predicted octanol–water partition coefficient (Wildman–Crippen LogP) is 4.08. The molecule has 0 bridgehead atoms. The number of aryl methyl sites for hydroxylation is 2. The normalized spacial score (nSPS) is 10.9. The monoisotopic (exact) mass is 377 g/mol. The number of rotatable bonds is 6. The van der Waals surface area contributed by atoms with E-state index >= 15 is 0 Å². The number of hydrogen-bond acceptors (Lipinski definition) is 4. The number of nitrogens with one attached hydrogen (secondary N) is 2. The average molecular weight is 377 g/mol. The Labute approximate surface area is 164 Å². The Bertz CT molecular complexity index is 1020. The molecule has 0 aliphatic heterocycles. The number of carbonyl (C=O) groups is 1. The van der Waals surface area contributed by atoms with E-state index in [0.717, 1.165) is 39.4 Å². The number of hydrogen-bond donors (Lipinski definition) is 2. The molecule has 144 valence electrons. The zero-order valence-corrected chi connectivity index (χ0v) is 16.4. The smallest absolute Gasteiger partial charge is 0.288 e. The van der Waals surface area contributed by atoms with Crippen LogP contribution >= 0.6 is 0 Å². The molecule has 0 unspecified atom stereocenters. The summed E-state index contributed by atoms with van der Waals surface area (Å²) in [5.41, 5.74) is 7.44. The SMILES string of the molecule is COc1ccc(/C=N/NC(=O)c2[nH]c(-c3ccccc3OC)cc2C)cc1C. The lowest BCUT2D eigenvalue weighted by Gasteiger charge is -2.06. The number of ether oxygens (including phenoxy) is 2. The van der Waals surface area contributed by atoms with Gasteiger partial charge in [0.2, 0.25) is 0 Å². The molecule has 0 aliphatic carbocycles. The summed E-state index contributed by atoms with van der Waals surface area (Å²) >= 11 is 0. The van der Waals surface area contributed by atoms with E-state index < -0.39 is 0 Å². The summed E-state index contributed by atoms with van der Waals surface area (Å²) in [4.78, 5) is 15.7. The lowest BCUT2D eigenvalue weighted by molar-refractivity contribution is 0.0950. The molecule has 0 radical (unpaired) electrons. The van der Waals surface area contributed by atoms with Crippen molar-refractivity contribution in [2.75, 3.05) is 14.2 Å². The van der Waals surface area contributed by atoms with Gasteiger partial charge in [0, 0.05) is 11.3 Å². The Morgan fingerprint density at radius 3 is 2.46 bits per heavy atom. The first-order valence-corrected chi connectivity index (χ1v) is 8.84. The Balaban J connectivity index is 1.75. The zero-order chi connectivity index (χ0) is 20.1. The van der Waals surface area contributed by atoms with Crippen molar-refractivity contribution >= 4 is 12.1 Å². The van der Waals surface area contributed by atoms with Gasteiger partial charge < -0.3 is 14.5 Å². The molecular formula is C22H23N3O3. The lowest BCUT2D eigenvalue weighted by Crippen LogP contribution is -2.19. The Morgan fingerprint density at radius 1 is 1.00 bits per heavy atom. The fourth-order valence-corrected chi connectivity index (χ4v) is 3.01. The first-order chi connectivity index (χ1) is 13.5. The molecule has 6 nitrogen and oxygen atoms in total. The van der Waals surface area contributed by atoms with Crippen LogP contribution in [0.5, 0.6) is 11.5 Å². The van der Waals surface area contributed by atoms with Gasteiger partial charge in [-0.25, -0.2) is 5.43 Å². The summed E-state index contributed by atoms with van der Waals surface area (Å²) < 4.78 is 10.6. The molecule has 2 N–H and O–H groups in total. The molecule has 0 saturated carbocycles. The highest BCUT2D eigenvalue weighted by Crippen LogP contribution is 2.30. The molecule has 2 aromatic carbocycles. The summed E-state index contributed by atoms with van der Waals surface area (Å²) in [6.07, 6.45) is 1.60. The van der Waals surface area contributed by atoms with Crippen molar-refractivity contribution in [2.45, 2.75) is 13.8 Å². The van der Waals surface area contributed by atoms with Crippen LogP contribution in [0.1, 0.15) is 27.2 Å². The van der Waals surface area contributed by atoms with E-state index in [9.17, 15) is 4.79 Å². The number of benzene rings is 2. The number of aromatic nitrogens is 1. The first kappa shape index (κ1) is 19.2. The highest BCUT2D eigenvalue weighted by molar-refractivity contribution is 5.95. The van der Waals surface area contributed by atoms with Crippen LogP contribution in [-0.4, -0.2) is 31.3 Å². The molecule has 0 saturated heterocycles. The van der Waals surface area contributed by atoms with Crippen molar-refractivity contribution in [3.63, 3.8) is 0 Å². The highest BCUT2D eigenvalue weighted by Gasteiger charge is 2.15. The van der Waals surface area contributed by atoms with Gasteiger partial charge in [-0.2, -0.15) is 5.10 Å². The van der Waals surface area contributed by atoms with Crippen LogP contribution in [-0.2, 0) is 0 Å². The van der Waals surface area contributed by atoms with Gasteiger partial charge in [0.1, 0.15) is 17.2 Å². The number of para-hydroxylation sites is 1. The quantitative estimate of drug-likeness (QED) is 0.502. The molecule has 0 aliphatic rings. The van der Waals surface area contributed by atoms with Crippen molar-refractivity contribution in [1.82, 2.24) is 10.4 Å². The maximum Gasteiger partial charge on any atom is 0.288 e. The van der Waals surface area contributed by atoms with Crippen molar-refractivity contribution < 1.29 is 14.3 Å². The Hall–Kier alpha value is -3.54. The number of hydrazone groups is 1. The van der Waals surface area contributed by atoms with Gasteiger partial charge in [-0.1, -0.05) is 12.1 Å². The van der Waals surface area contributed by atoms with Crippen molar-refractivity contribution in [3.05, 3.63) is 70.9 Å². The Morgan fingerprint density at radius 2 is 1.75 bits per heavy atom. The van der Waals surface area contributed by atoms with E-state index in [1.54, 1.807) is 20.4 Å². The number of amides is 1. The molecule has 1 amide bonds. The van der Waals surface area contributed by atoms with Gasteiger partial charge in [-0.3, -0.25) is 4.79 Å². The summed E-state index contributed by atoms with van der Waals surface area (Å²) in [7, 11) is 3.26. The third kappa shape index (κ3) is 4.06. The van der Waals surface area contributed by atoms with Crippen molar-refractivity contribution in [3.8, 4) is 22.8 Å². The lowest BCUT2D eigenvalue weighted by atomic mass is 10.1. The first-order valence-electron chi connectivity index (χ1n) is 8.84. The molecule has 0 fully saturated rings. The summed E-state index contributed by atoms with van der Waals surface area (Å²) in [6.45, 7) is 3.83. The van der Waals surface area contributed by atoms with E-state index in [1.807, 2.05) is 62.4 Å². The second-order valence-electron chi connectivity index (χ2n) is 6.37. The van der Waals surface area contributed by atoms with Crippen LogP contribution in [0.2, 0.25) is 0 Å². The largest absolute Gasteiger partial charge is 0.496 e. The minimum absolute atomic E-state index is 0.305. The summed E-state index contributed by atoms with van der Waals surface area (Å²) in [5.74, 6) is 1.25. The van der Waals surface area contributed by atoms with Crippen LogP contribution in [0.4, 0.5) is 0 Å². The molecule has 28 heavy (non-hydrogen) atoms. The van der Waals surface area contributed by atoms with E-state index in [1.165, 1.54) is 0 Å². The van der Waals surface area contributed by atoms with E-state index in [2.05, 4.69) is 15.5 Å². The number of carbonyl (C=O) groups excluding carboxylic acids is 1. The van der Waals surface area contributed by atoms with Crippen LogP contribution in [0.3, 0.4) is 0 Å². The third-order valence-electron chi connectivity index (χ3n) is 4.44. The second kappa shape index (κ2) is 8.43. The topological polar surface area (TPSA) is 75.7 Å². The van der Waals surface area contributed by atoms with Crippen molar-refractivity contribution in [2.24, 2.45) is 5.10 Å². The van der Waals surface area contributed by atoms with Crippen LogP contribution in [0, 0.1) is 13.8 Å². The second-order valence-corrected chi connectivity index (χ2v) is 6.37. The van der Waals surface area contributed by atoms with E-state index in [-0.39, 0.29) is 5.91 Å². The number of aromatic amines is 1. The molecule has 0 atom stereocenters. The van der Waals surface area contributed by atoms with Gasteiger partial charge >= 0.3 is 0 Å². The predicted molar refractivity (Wildman–Crippen MR) is 110 cm³/mol. The van der Waals surface area contributed by atoms with Crippen molar-refractivity contribution in [1.29, 1.82) is 0 Å². The van der Waals surface area contributed by atoms with E-state index in [0.29, 0.717) is 5.69 Å². The summed E-state index contributed by atoms with van der Waals surface area (Å²) in [5, 5.41) is 4.06.